The Hall–Kier alpha value is -2.21. The number of anilines is 2. The minimum absolute atomic E-state index is 0.178. The standard InChI is InChI=1S/C24H29FN4S/c1-2-6-21-26-23(22-19-7-4-3-5-8-20(19)30-24(22)27-21)29-15-13-28(14-16-29)18-11-9-17(25)10-12-18/h9-12H,2-8,13-16H2,1H3. The summed E-state index contributed by atoms with van der Waals surface area (Å²) in [5.74, 6) is 1.96. The van der Waals surface area contributed by atoms with E-state index in [2.05, 4.69) is 16.7 Å². The lowest BCUT2D eigenvalue weighted by molar-refractivity contribution is 0.624. The minimum Gasteiger partial charge on any atom is -0.368 e. The van der Waals surface area contributed by atoms with Gasteiger partial charge in [0.1, 0.15) is 22.3 Å². The van der Waals surface area contributed by atoms with Crippen molar-refractivity contribution in [3.05, 3.63) is 46.3 Å². The number of hydrogen-bond donors (Lipinski definition) is 0. The Morgan fingerprint density at radius 3 is 2.43 bits per heavy atom. The predicted octanol–water partition coefficient (Wildman–Crippen LogP) is 5.38. The Labute approximate surface area is 181 Å². The normalized spacial score (nSPS) is 17.3. The molecule has 0 N–H and O–H groups in total. The molecule has 0 saturated carbocycles. The van der Waals surface area contributed by atoms with Crippen LogP contribution in [0.2, 0.25) is 0 Å². The zero-order valence-corrected chi connectivity index (χ0v) is 18.5. The molecule has 1 aliphatic heterocycles. The first-order valence-electron chi connectivity index (χ1n) is 11.3. The molecule has 1 fully saturated rings. The van der Waals surface area contributed by atoms with Crippen LogP contribution in [0.4, 0.5) is 15.9 Å². The Bertz CT molecular complexity index is 1020. The van der Waals surface area contributed by atoms with Gasteiger partial charge in [-0.3, -0.25) is 0 Å². The first-order chi connectivity index (χ1) is 14.7. The number of nitrogens with zero attached hydrogens (tertiary/aromatic N) is 4. The fourth-order valence-corrected chi connectivity index (χ4v) is 6.03. The number of piperazine rings is 1. The molecular formula is C24H29FN4S. The Morgan fingerprint density at radius 1 is 0.933 bits per heavy atom. The zero-order valence-electron chi connectivity index (χ0n) is 17.7. The number of thiophene rings is 1. The lowest BCUT2D eigenvalue weighted by atomic mass is 10.1. The van der Waals surface area contributed by atoms with Crippen LogP contribution in [0, 0.1) is 5.82 Å². The van der Waals surface area contributed by atoms with E-state index in [1.807, 2.05) is 23.5 Å². The van der Waals surface area contributed by atoms with Gasteiger partial charge in [-0.05, 0) is 61.9 Å². The molecule has 158 valence electrons. The summed E-state index contributed by atoms with van der Waals surface area (Å²) >= 11 is 1.91. The third-order valence-corrected chi connectivity index (χ3v) is 7.52. The lowest BCUT2D eigenvalue weighted by Gasteiger charge is -2.37. The number of hydrogen-bond acceptors (Lipinski definition) is 5. The second-order valence-electron chi connectivity index (χ2n) is 8.41. The van der Waals surface area contributed by atoms with Crippen LogP contribution in [0.25, 0.3) is 10.2 Å². The van der Waals surface area contributed by atoms with Crippen LogP contribution in [0.3, 0.4) is 0 Å². The van der Waals surface area contributed by atoms with Gasteiger partial charge in [0.15, 0.2) is 0 Å². The summed E-state index contributed by atoms with van der Waals surface area (Å²) in [4.78, 5) is 17.6. The van der Waals surface area contributed by atoms with E-state index in [0.717, 1.165) is 62.8 Å². The largest absolute Gasteiger partial charge is 0.368 e. The van der Waals surface area contributed by atoms with Crippen molar-refractivity contribution in [2.24, 2.45) is 0 Å². The van der Waals surface area contributed by atoms with E-state index < -0.39 is 0 Å². The van der Waals surface area contributed by atoms with E-state index >= 15 is 0 Å². The van der Waals surface area contributed by atoms with Crippen molar-refractivity contribution < 1.29 is 4.39 Å². The van der Waals surface area contributed by atoms with Gasteiger partial charge in [-0.1, -0.05) is 13.3 Å². The molecule has 6 heteroatoms. The molecule has 0 bridgehead atoms. The van der Waals surface area contributed by atoms with Crippen molar-refractivity contribution in [2.45, 2.75) is 51.9 Å². The highest BCUT2D eigenvalue weighted by Gasteiger charge is 2.25. The van der Waals surface area contributed by atoms with Crippen molar-refractivity contribution in [1.29, 1.82) is 0 Å². The maximum Gasteiger partial charge on any atom is 0.141 e. The van der Waals surface area contributed by atoms with Crippen molar-refractivity contribution in [3.8, 4) is 0 Å². The number of aromatic nitrogens is 2. The van der Waals surface area contributed by atoms with Gasteiger partial charge in [0.25, 0.3) is 0 Å². The molecule has 5 rings (SSSR count). The van der Waals surface area contributed by atoms with Gasteiger partial charge in [0.05, 0.1) is 5.39 Å². The molecule has 2 aromatic heterocycles. The number of benzene rings is 1. The van der Waals surface area contributed by atoms with Gasteiger partial charge in [0, 0.05) is 43.2 Å². The third kappa shape index (κ3) is 3.78. The molecule has 30 heavy (non-hydrogen) atoms. The summed E-state index contributed by atoms with van der Waals surface area (Å²) in [5.41, 5.74) is 2.62. The van der Waals surface area contributed by atoms with E-state index in [4.69, 9.17) is 9.97 Å². The number of halogens is 1. The van der Waals surface area contributed by atoms with Crippen LogP contribution >= 0.6 is 11.3 Å². The number of fused-ring (bicyclic) bond motifs is 3. The SMILES string of the molecule is CCCc1nc(N2CCN(c3ccc(F)cc3)CC2)c2c3c(sc2n1)CCCCC3. The molecule has 1 aromatic carbocycles. The van der Waals surface area contributed by atoms with Crippen molar-refractivity contribution in [1.82, 2.24) is 9.97 Å². The molecule has 0 atom stereocenters. The Kier molecular flexibility index (Phi) is 5.59. The average Bonchev–Trinajstić information content (AvgIpc) is 2.95. The van der Waals surface area contributed by atoms with Crippen LogP contribution in [0.5, 0.6) is 0 Å². The minimum atomic E-state index is -0.178. The molecule has 0 unspecified atom stereocenters. The monoisotopic (exact) mass is 424 g/mol. The van der Waals surface area contributed by atoms with E-state index in [0.29, 0.717) is 0 Å². The molecule has 3 aromatic rings. The van der Waals surface area contributed by atoms with Crippen LogP contribution in [-0.2, 0) is 19.3 Å². The van der Waals surface area contributed by atoms with E-state index in [1.54, 1.807) is 12.1 Å². The van der Waals surface area contributed by atoms with Crippen LogP contribution in [0.1, 0.15) is 48.9 Å². The predicted molar refractivity (Wildman–Crippen MR) is 123 cm³/mol. The smallest absolute Gasteiger partial charge is 0.141 e. The maximum atomic E-state index is 13.3. The molecular weight excluding hydrogens is 395 g/mol. The van der Waals surface area contributed by atoms with Crippen LogP contribution in [-0.4, -0.2) is 36.1 Å². The Balaban J connectivity index is 1.47. The second kappa shape index (κ2) is 8.50. The number of rotatable bonds is 4. The first kappa shape index (κ1) is 19.7. The van der Waals surface area contributed by atoms with Crippen LogP contribution in [0.15, 0.2) is 24.3 Å². The second-order valence-corrected chi connectivity index (χ2v) is 9.49. The van der Waals surface area contributed by atoms with Gasteiger partial charge in [-0.2, -0.15) is 0 Å². The van der Waals surface area contributed by atoms with E-state index in [-0.39, 0.29) is 5.82 Å². The zero-order chi connectivity index (χ0) is 20.5. The third-order valence-electron chi connectivity index (χ3n) is 6.34. The Morgan fingerprint density at radius 2 is 1.67 bits per heavy atom. The highest BCUT2D eigenvalue weighted by molar-refractivity contribution is 7.19. The highest BCUT2D eigenvalue weighted by atomic mass is 32.1. The first-order valence-corrected chi connectivity index (χ1v) is 12.1. The summed E-state index contributed by atoms with van der Waals surface area (Å²) in [6.07, 6.45) is 8.23. The summed E-state index contributed by atoms with van der Waals surface area (Å²) in [7, 11) is 0. The summed E-state index contributed by atoms with van der Waals surface area (Å²) < 4.78 is 13.3. The lowest BCUT2D eigenvalue weighted by Crippen LogP contribution is -2.47. The highest BCUT2D eigenvalue weighted by Crippen LogP contribution is 2.39. The average molecular weight is 425 g/mol. The molecule has 0 spiro atoms. The van der Waals surface area contributed by atoms with Gasteiger partial charge in [-0.15, -0.1) is 11.3 Å². The van der Waals surface area contributed by atoms with Crippen molar-refractivity contribution in [2.75, 3.05) is 36.0 Å². The molecule has 0 amide bonds. The number of aryl methyl sites for hydroxylation is 3. The van der Waals surface area contributed by atoms with Crippen LogP contribution < -0.4 is 9.80 Å². The molecule has 2 aliphatic rings. The molecule has 1 aliphatic carbocycles. The summed E-state index contributed by atoms with van der Waals surface area (Å²) in [6, 6.07) is 6.86. The fourth-order valence-electron chi connectivity index (χ4n) is 4.75. The van der Waals surface area contributed by atoms with Gasteiger partial charge < -0.3 is 9.80 Å². The topological polar surface area (TPSA) is 32.3 Å². The van der Waals surface area contributed by atoms with E-state index in [1.165, 1.54) is 46.3 Å². The molecule has 4 nitrogen and oxygen atoms in total. The molecule has 0 radical (unpaired) electrons. The molecule has 1 saturated heterocycles. The quantitative estimate of drug-likeness (QED) is 0.527. The van der Waals surface area contributed by atoms with Crippen molar-refractivity contribution in [3.63, 3.8) is 0 Å². The summed E-state index contributed by atoms with van der Waals surface area (Å²) in [5, 5.41) is 1.33. The molecule has 3 heterocycles. The van der Waals surface area contributed by atoms with Gasteiger partial charge >= 0.3 is 0 Å². The summed E-state index contributed by atoms with van der Waals surface area (Å²) in [6.45, 7) is 5.90. The van der Waals surface area contributed by atoms with Crippen molar-refractivity contribution >= 4 is 33.1 Å². The maximum absolute atomic E-state index is 13.3. The van der Waals surface area contributed by atoms with Gasteiger partial charge in [-0.25, -0.2) is 14.4 Å². The van der Waals surface area contributed by atoms with Gasteiger partial charge in [0.2, 0.25) is 0 Å². The fraction of sp³-hybridized carbons (Fsp3) is 0.500. The van der Waals surface area contributed by atoms with E-state index in [9.17, 15) is 4.39 Å².